The fourth-order valence-electron chi connectivity index (χ4n) is 2.61. The quantitative estimate of drug-likeness (QED) is 0.353. The predicted molar refractivity (Wildman–Crippen MR) is 96.1 cm³/mol. The van der Waals surface area contributed by atoms with Crippen LogP contribution >= 0.6 is 0 Å². The predicted octanol–water partition coefficient (Wildman–Crippen LogP) is 3.82. The van der Waals surface area contributed by atoms with Gasteiger partial charge in [-0.1, -0.05) is 45.9 Å². The van der Waals surface area contributed by atoms with Crippen LogP contribution in [0.15, 0.2) is 35.9 Å². The molecule has 1 aromatic carbocycles. The highest BCUT2D eigenvalue weighted by Crippen LogP contribution is 2.34. The number of allylic oxidation sites excluding steroid dienone is 1. The molecular weight excluding hydrogens is 318 g/mol. The van der Waals surface area contributed by atoms with Crippen LogP contribution < -0.4 is 4.74 Å². The molecule has 0 aromatic heterocycles. The standard InChI is InChI=1S/C20H24NO4/c1-14(2)17-8-5-9-18(15(3)4)19(17)25-20(23)24-13-21-10-6-7-16(11-21)12-22/h5-10,14-15H,11,13H2,1-4H3/q+1. The van der Waals surface area contributed by atoms with Crippen molar-refractivity contribution in [1.82, 2.24) is 0 Å². The average molecular weight is 342 g/mol. The molecule has 0 N–H and O–H groups in total. The van der Waals surface area contributed by atoms with Crippen LogP contribution in [0.1, 0.15) is 50.7 Å². The molecule has 0 atom stereocenters. The Hall–Kier alpha value is -2.65. The van der Waals surface area contributed by atoms with E-state index in [9.17, 15) is 9.59 Å². The monoisotopic (exact) mass is 342 g/mol. The van der Waals surface area contributed by atoms with E-state index in [0.29, 0.717) is 17.9 Å². The zero-order valence-electron chi connectivity index (χ0n) is 15.1. The van der Waals surface area contributed by atoms with Gasteiger partial charge in [0.2, 0.25) is 0 Å². The number of hydrogen-bond acceptors (Lipinski definition) is 4. The summed E-state index contributed by atoms with van der Waals surface area (Å²) in [6, 6.07) is 5.90. The highest BCUT2D eigenvalue weighted by atomic mass is 16.7. The zero-order valence-corrected chi connectivity index (χ0v) is 15.1. The Morgan fingerprint density at radius 2 is 1.84 bits per heavy atom. The Labute approximate surface area is 148 Å². The van der Waals surface area contributed by atoms with E-state index < -0.39 is 6.16 Å². The van der Waals surface area contributed by atoms with Crippen LogP contribution in [0.5, 0.6) is 5.75 Å². The zero-order chi connectivity index (χ0) is 18.4. The lowest BCUT2D eigenvalue weighted by molar-refractivity contribution is -0.550. The highest BCUT2D eigenvalue weighted by Gasteiger charge is 2.20. The van der Waals surface area contributed by atoms with Gasteiger partial charge in [-0.15, -0.1) is 0 Å². The summed E-state index contributed by atoms with van der Waals surface area (Å²) in [5, 5.41) is 0. The van der Waals surface area contributed by atoms with Crippen molar-refractivity contribution in [1.29, 1.82) is 0 Å². The minimum atomic E-state index is -0.755. The summed E-state index contributed by atoms with van der Waals surface area (Å²) in [7, 11) is 0. The molecule has 2 rings (SSSR count). The van der Waals surface area contributed by atoms with Gasteiger partial charge in [0.25, 0.3) is 6.73 Å². The van der Waals surface area contributed by atoms with Crippen molar-refractivity contribution in [3.8, 4) is 5.75 Å². The maximum absolute atomic E-state index is 12.2. The second-order valence-electron chi connectivity index (χ2n) is 6.58. The Balaban J connectivity index is 2.09. The van der Waals surface area contributed by atoms with E-state index in [1.807, 2.05) is 24.1 Å². The van der Waals surface area contributed by atoms with Gasteiger partial charge in [-0.2, -0.15) is 4.58 Å². The summed E-state index contributed by atoms with van der Waals surface area (Å²) in [6.07, 6.45) is 4.38. The van der Waals surface area contributed by atoms with Crippen molar-refractivity contribution in [2.75, 3.05) is 13.3 Å². The molecule has 0 fully saturated rings. The van der Waals surface area contributed by atoms with Crippen molar-refractivity contribution in [2.45, 2.75) is 39.5 Å². The van der Waals surface area contributed by atoms with Crippen LogP contribution in [0.25, 0.3) is 0 Å². The normalized spacial score (nSPS) is 13.7. The molecule has 25 heavy (non-hydrogen) atoms. The number of carbonyl (C=O) groups excluding carboxylic acids is 2. The smallest absolute Gasteiger partial charge is 0.394 e. The number of para-hydroxylation sites is 1. The maximum Gasteiger partial charge on any atom is 0.518 e. The van der Waals surface area contributed by atoms with E-state index >= 15 is 0 Å². The lowest BCUT2D eigenvalue weighted by Crippen LogP contribution is -2.25. The summed E-state index contributed by atoms with van der Waals surface area (Å²) in [6.45, 7) is 8.59. The molecule has 0 unspecified atom stereocenters. The molecule has 132 valence electrons. The largest absolute Gasteiger partial charge is 0.518 e. The lowest BCUT2D eigenvalue weighted by Gasteiger charge is -2.18. The van der Waals surface area contributed by atoms with Gasteiger partial charge < -0.3 is 9.47 Å². The van der Waals surface area contributed by atoms with Crippen LogP contribution in [-0.2, 0) is 9.53 Å². The van der Waals surface area contributed by atoms with Crippen molar-refractivity contribution >= 4 is 18.3 Å². The summed E-state index contributed by atoms with van der Waals surface area (Å²) in [5.41, 5.74) is 2.45. The van der Waals surface area contributed by atoms with Crippen molar-refractivity contribution < 1.29 is 23.6 Å². The molecule has 5 nitrogen and oxygen atoms in total. The fraction of sp³-hybridized carbons (Fsp3) is 0.400. The van der Waals surface area contributed by atoms with E-state index in [0.717, 1.165) is 11.1 Å². The van der Waals surface area contributed by atoms with E-state index in [1.165, 1.54) is 0 Å². The van der Waals surface area contributed by atoms with Crippen molar-refractivity contribution in [3.63, 3.8) is 0 Å². The molecule has 1 aliphatic heterocycles. The van der Waals surface area contributed by atoms with Crippen LogP contribution in [0.3, 0.4) is 0 Å². The minimum Gasteiger partial charge on any atom is -0.394 e. The summed E-state index contributed by atoms with van der Waals surface area (Å²) in [5.74, 6) is 2.87. The first-order valence-corrected chi connectivity index (χ1v) is 8.39. The first-order chi connectivity index (χ1) is 11.9. The third kappa shape index (κ3) is 4.91. The van der Waals surface area contributed by atoms with E-state index in [-0.39, 0.29) is 18.6 Å². The Bertz CT molecular complexity index is 727. The average Bonchev–Trinajstić information content (AvgIpc) is 2.60. The molecule has 0 radical (unpaired) electrons. The van der Waals surface area contributed by atoms with Gasteiger partial charge in [0.15, 0.2) is 12.8 Å². The molecule has 1 aromatic rings. The Morgan fingerprint density at radius 3 is 2.40 bits per heavy atom. The first kappa shape index (κ1) is 18.7. The molecule has 0 bridgehead atoms. The molecule has 1 aliphatic rings. The van der Waals surface area contributed by atoms with Gasteiger partial charge in [-0.3, -0.25) is 0 Å². The molecule has 0 saturated carbocycles. The van der Waals surface area contributed by atoms with Crippen LogP contribution in [-0.4, -0.2) is 36.2 Å². The molecule has 5 heteroatoms. The third-order valence-corrected chi connectivity index (χ3v) is 3.95. The molecule has 0 aliphatic carbocycles. The summed E-state index contributed by atoms with van der Waals surface area (Å²) < 4.78 is 12.4. The van der Waals surface area contributed by atoms with Gasteiger partial charge in [-0.25, -0.2) is 9.59 Å². The number of nitrogens with zero attached hydrogens (tertiary/aromatic N) is 1. The lowest BCUT2D eigenvalue weighted by atomic mass is 9.94. The molecule has 0 saturated heterocycles. The summed E-state index contributed by atoms with van der Waals surface area (Å²) >= 11 is 0. The molecule has 0 amide bonds. The van der Waals surface area contributed by atoms with Crippen molar-refractivity contribution in [2.24, 2.45) is 0 Å². The third-order valence-electron chi connectivity index (χ3n) is 3.95. The Morgan fingerprint density at radius 1 is 1.20 bits per heavy atom. The van der Waals surface area contributed by atoms with E-state index in [4.69, 9.17) is 9.47 Å². The first-order valence-electron chi connectivity index (χ1n) is 8.39. The van der Waals surface area contributed by atoms with Crippen LogP contribution in [0, 0.1) is 0 Å². The second-order valence-corrected chi connectivity index (χ2v) is 6.58. The molecule has 1 heterocycles. The van der Waals surface area contributed by atoms with Gasteiger partial charge >= 0.3 is 6.16 Å². The Kier molecular flexibility index (Phi) is 6.31. The molecule has 0 spiro atoms. The topological polar surface area (TPSA) is 55.6 Å². The molecular formula is C20H24NO4+. The van der Waals surface area contributed by atoms with Gasteiger partial charge in [0.05, 0.1) is 0 Å². The number of rotatable bonds is 5. The SMILES string of the molecule is CC(C)c1cccc(C(C)C)c1OC(=O)OC[N+]1=CC=CC(=C=O)C1. The van der Waals surface area contributed by atoms with Crippen molar-refractivity contribution in [3.05, 3.63) is 47.1 Å². The number of benzene rings is 1. The highest BCUT2D eigenvalue weighted by molar-refractivity contribution is 5.72. The van der Waals surface area contributed by atoms with Crippen LogP contribution in [0.2, 0.25) is 0 Å². The van der Waals surface area contributed by atoms with Gasteiger partial charge in [0, 0.05) is 6.08 Å². The second kappa shape index (κ2) is 8.45. The van der Waals surface area contributed by atoms with Gasteiger partial charge in [0.1, 0.15) is 17.3 Å². The van der Waals surface area contributed by atoms with E-state index in [1.54, 1.807) is 22.9 Å². The number of hydrogen-bond donors (Lipinski definition) is 0. The van der Waals surface area contributed by atoms with Crippen LogP contribution in [0.4, 0.5) is 4.79 Å². The fourth-order valence-corrected chi connectivity index (χ4v) is 2.61. The van der Waals surface area contributed by atoms with Gasteiger partial charge in [-0.05, 0) is 29.0 Å². The van der Waals surface area contributed by atoms with E-state index in [2.05, 4.69) is 27.7 Å². The number of carbonyl (C=O) groups is 1. The number of ether oxygens (including phenoxy) is 2. The maximum atomic E-state index is 12.2. The minimum absolute atomic E-state index is 0.00914. The summed E-state index contributed by atoms with van der Waals surface area (Å²) in [4.78, 5) is 22.9.